The highest BCUT2D eigenvalue weighted by molar-refractivity contribution is 7.92. The monoisotopic (exact) mass is 352 g/mol. The van der Waals surface area contributed by atoms with E-state index in [1.807, 2.05) is 0 Å². The number of nitrogens with zero attached hydrogens (tertiary/aromatic N) is 1. The van der Waals surface area contributed by atoms with E-state index >= 15 is 0 Å². The average Bonchev–Trinajstić information content (AvgIpc) is 2.55. The van der Waals surface area contributed by atoms with Crippen LogP contribution in [0.1, 0.15) is 0 Å². The van der Waals surface area contributed by atoms with Gasteiger partial charge in [0.05, 0.1) is 17.7 Å². The van der Waals surface area contributed by atoms with Crippen molar-refractivity contribution >= 4 is 21.4 Å². The smallest absolute Gasteiger partial charge is 0.271 e. The van der Waals surface area contributed by atoms with Crippen molar-refractivity contribution in [2.45, 2.75) is 0 Å². The maximum Gasteiger partial charge on any atom is 0.271 e. The Bertz CT molecular complexity index is 805. The first kappa shape index (κ1) is 17.5. The first-order valence-corrected chi connectivity index (χ1v) is 8.57. The fraction of sp³-hybridized carbons (Fsp3) is 0.200. The summed E-state index contributed by atoms with van der Waals surface area (Å²) in [7, 11) is -2.14. The van der Waals surface area contributed by atoms with Crippen molar-refractivity contribution < 1.29 is 22.8 Å². The van der Waals surface area contributed by atoms with Crippen molar-refractivity contribution in [1.29, 1.82) is 0 Å². The molecule has 2 aromatic carbocycles. The number of nitro benzene ring substituents is 1. The predicted octanol–water partition coefficient (Wildman–Crippen LogP) is 2.42. The Balaban J connectivity index is 1.91. The number of nitrogens with one attached hydrogen (secondary N) is 1. The molecule has 0 aliphatic rings. The quantitative estimate of drug-likeness (QED) is 0.577. The predicted molar refractivity (Wildman–Crippen MR) is 89.0 cm³/mol. The Kier molecular flexibility index (Phi) is 5.59. The van der Waals surface area contributed by atoms with E-state index in [4.69, 9.17) is 9.47 Å². The van der Waals surface area contributed by atoms with Gasteiger partial charge in [0.15, 0.2) is 0 Å². The minimum absolute atomic E-state index is 0.0589. The van der Waals surface area contributed by atoms with Gasteiger partial charge in [-0.1, -0.05) is 6.07 Å². The van der Waals surface area contributed by atoms with Gasteiger partial charge in [0.1, 0.15) is 23.9 Å². The molecule has 0 radical (unpaired) electrons. The Hall–Kier alpha value is -2.81. The van der Waals surface area contributed by atoms with Gasteiger partial charge >= 0.3 is 0 Å². The van der Waals surface area contributed by atoms with Gasteiger partial charge in [0, 0.05) is 12.1 Å². The van der Waals surface area contributed by atoms with Crippen molar-refractivity contribution in [2.24, 2.45) is 0 Å². The molecule has 0 bridgehead atoms. The van der Waals surface area contributed by atoms with Crippen molar-refractivity contribution in [2.75, 3.05) is 24.2 Å². The van der Waals surface area contributed by atoms with Crippen LogP contribution in [0.5, 0.6) is 11.5 Å². The van der Waals surface area contributed by atoms with Crippen LogP contribution in [0.2, 0.25) is 0 Å². The number of sulfonamides is 1. The van der Waals surface area contributed by atoms with Crippen LogP contribution < -0.4 is 14.2 Å². The van der Waals surface area contributed by atoms with Crippen LogP contribution in [0.3, 0.4) is 0 Å². The first-order valence-electron chi connectivity index (χ1n) is 6.91. The minimum atomic E-state index is -3.68. The number of nitro groups is 1. The number of benzene rings is 2. The first-order chi connectivity index (χ1) is 11.4. The average molecular weight is 352 g/mol. The Labute approximate surface area is 139 Å². The van der Waals surface area contributed by atoms with Crippen molar-refractivity contribution in [3.63, 3.8) is 0 Å². The van der Waals surface area contributed by atoms with E-state index in [9.17, 15) is 18.5 Å². The molecule has 0 atom stereocenters. The summed E-state index contributed by atoms with van der Waals surface area (Å²) in [6.07, 6.45) is 0. The molecule has 2 aromatic rings. The van der Waals surface area contributed by atoms with Gasteiger partial charge in [-0.3, -0.25) is 14.8 Å². The van der Waals surface area contributed by atoms with Crippen LogP contribution in [0.25, 0.3) is 0 Å². The van der Waals surface area contributed by atoms with Gasteiger partial charge in [-0.2, -0.15) is 0 Å². The van der Waals surface area contributed by atoms with Crippen molar-refractivity contribution in [3.8, 4) is 11.5 Å². The molecule has 0 saturated carbocycles. The molecule has 1 N–H and O–H groups in total. The molecule has 0 fully saturated rings. The zero-order chi connectivity index (χ0) is 17.6. The number of hydrogen-bond acceptors (Lipinski definition) is 6. The number of hydrogen-bond donors (Lipinski definition) is 1. The van der Waals surface area contributed by atoms with Gasteiger partial charge in [0.2, 0.25) is 10.0 Å². The molecule has 0 saturated heterocycles. The third kappa shape index (κ3) is 5.13. The molecule has 0 spiro atoms. The molecule has 0 aromatic heterocycles. The lowest BCUT2D eigenvalue weighted by Gasteiger charge is -2.09. The topological polar surface area (TPSA) is 108 Å². The highest BCUT2D eigenvalue weighted by Crippen LogP contribution is 2.19. The van der Waals surface area contributed by atoms with E-state index in [1.165, 1.54) is 18.2 Å². The second-order valence-corrected chi connectivity index (χ2v) is 6.59. The highest BCUT2D eigenvalue weighted by atomic mass is 32.2. The molecular weight excluding hydrogens is 336 g/mol. The Morgan fingerprint density at radius 2 is 1.79 bits per heavy atom. The number of methoxy groups -OCH3 is 1. The SMILES string of the molecule is COc1ccc(OCCS(=O)(=O)Nc2cccc([N+](=O)[O-])c2)cc1. The van der Waals surface area contributed by atoms with Gasteiger partial charge in [-0.15, -0.1) is 0 Å². The number of anilines is 1. The summed E-state index contributed by atoms with van der Waals surface area (Å²) in [5.74, 6) is 0.894. The third-order valence-electron chi connectivity index (χ3n) is 3.01. The molecule has 8 nitrogen and oxygen atoms in total. The third-order valence-corrected chi connectivity index (χ3v) is 4.26. The summed E-state index contributed by atoms with van der Waals surface area (Å²) in [5.41, 5.74) is -0.0571. The molecule has 9 heteroatoms. The van der Waals surface area contributed by atoms with Gasteiger partial charge in [-0.25, -0.2) is 8.42 Å². The molecule has 0 amide bonds. The molecule has 0 aliphatic carbocycles. The Morgan fingerprint density at radius 1 is 1.12 bits per heavy atom. The van der Waals surface area contributed by atoms with Crippen molar-refractivity contribution in [3.05, 3.63) is 58.6 Å². The summed E-state index contributed by atoms with van der Waals surface area (Å²) >= 11 is 0. The minimum Gasteiger partial charge on any atom is -0.497 e. The van der Waals surface area contributed by atoms with E-state index in [2.05, 4.69) is 4.72 Å². The summed E-state index contributed by atoms with van der Waals surface area (Å²) in [4.78, 5) is 10.1. The van der Waals surface area contributed by atoms with Crippen LogP contribution in [-0.4, -0.2) is 32.8 Å². The van der Waals surface area contributed by atoms with E-state index in [0.29, 0.717) is 11.5 Å². The lowest BCUT2D eigenvalue weighted by molar-refractivity contribution is -0.384. The number of non-ortho nitro benzene ring substituents is 1. The lowest BCUT2D eigenvalue weighted by atomic mass is 10.3. The van der Waals surface area contributed by atoms with Gasteiger partial charge in [-0.05, 0) is 30.3 Å². The molecule has 24 heavy (non-hydrogen) atoms. The van der Waals surface area contributed by atoms with Crippen molar-refractivity contribution in [1.82, 2.24) is 0 Å². The zero-order valence-electron chi connectivity index (χ0n) is 12.8. The zero-order valence-corrected chi connectivity index (χ0v) is 13.7. The second-order valence-electron chi connectivity index (χ2n) is 4.75. The molecule has 0 unspecified atom stereocenters. The fourth-order valence-corrected chi connectivity index (χ4v) is 2.75. The molecular formula is C15H16N2O6S. The van der Waals surface area contributed by atoms with Gasteiger partial charge in [0.25, 0.3) is 5.69 Å². The fourth-order valence-electron chi connectivity index (χ4n) is 1.85. The standard InChI is InChI=1S/C15H16N2O6S/c1-22-14-5-7-15(8-6-14)23-9-10-24(20,21)16-12-3-2-4-13(11-12)17(18)19/h2-8,11,16H,9-10H2,1H3. The maximum atomic E-state index is 12.0. The molecule has 128 valence electrons. The summed E-state index contributed by atoms with van der Waals surface area (Å²) in [5, 5.41) is 10.7. The van der Waals surface area contributed by atoms with Crippen LogP contribution in [-0.2, 0) is 10.0 Å². The summed E-state index contributed by atoms with van der Waals surface area (Å²) < 4.78 is 36.6. The van der Waals surface area contributed by atoms with E-state index in [1.54, 1.807) is 31.4 Å². The van der Waals surface area contributed by atoms with Crippen LogP contribution in [0, 0.1) is 10.1 Å². The summed E-state index contributed by atoms with van der Waals surface area (Å²) in [6, 6.07) is 12.0. The van der Waals surface area contributed by atoms with Crippen LogP contribution in [0.15, 0.2) is 48.5 Å². The molecule has 0 aliphatic heterocycles. The largest absolute Gasteiger partial charge is 0.497 e. The molecule has 0 heterocycles. The maximum absolute atomic E-state index is 12.0. The Morgan fingerprint density at radius 3 is 2.42 bits per heavy atom. The normalized spacial score (nSPS) is 10.9. The second kappa shape index (κ2) is 7.64. The number of rotatable bonds is 8. The lowest BCUT2D eigenvalue weighted by Crippen LogP contribution is -2.21. The van der Waals surface area contributed by atoms with Crippen LogP contribution >= 0.6 is 0 Å². The number of ether oxygens (including phenoxy) is 2. The molecule has 2 rings (SSSR count). The van der Waals surface area contributed by atoms with Gasteiger partial charge < -0.3 is 9.47 Å². The summed E-state index contributed by atoms with van der Waals surface area (Å²) in [6.45, 7) is -0.0589. The highest BCUT2D eigenvalue weighted by Gasteiger charge is 2.13. The van der Waals surface area contributed by atoms with E-state index in [0.717, 1.165) is 6.07 Å². The van der Waals surface area contributed by atoms with Crippen LogP contribution in [0.4, 0.5) is 11.4 Å². The van der Waals surface area contributed by atoms with E-state index < -0.39 is 14.9 Å². The van der Waals surface area contributed by atoms with E-state index in [-0.39, 0.29) is 23.7 Å².